The predicted octanol–water partition coefficient (Wildman–Crippen LogP) is 4.44. The Morgan fingerprint density at radius 3 is 2.55 bits per heavy atom. The monoisotopic (exact) mass is 406 g/mol. The summed E-state index contributed by atoms with van der Waals surface area (Å²) in [7, 11) is 0. The van der Waals surface area contributed by atoms with Crippen LogP contribution < -0.4 is 0 Å². The van der Waals surface area contributed by atoms with Crippen LogP contribution >= 0.6 is 11.6 Å². The molecule has 5 nitrogen and oxygen atoms in total. The normalized spacial score (nSPS) is 14.8. The van der Waals surface area contributed by atoms with E-state index >= 15 is 0 Å². The van der Waals surface area contributed by atoms with Crippen LogP contribution in [0.4, 0.5) is 0 Å². The zero-order valence-corrected chi connectivity index (χ0v) is 17.1. The number of hydrogen-bond acceptors (Lipinski definition) is 4. The minimum Gasteiger partial charge on any atom is -0.337 e. The van der Waals surface area contributed by atoms with Crippen molar-refractivity contribution in [3.05, 3.63) is 88.2 Å². The third-order valence-corrected chi connectivity index (χ3v) is 5.59. The largest absolute Gasteiger partial charge is 0.337 e. The molecule has 0 radical (unpaired) electrons. The second kappa shape index (κ2) is 8.70. The summed E-state index contributed by atoms with van der Waals surface area (Å²) < 4.78 is 0. The van der Waals surface area contributed by atoms with Crippen molar-refractivity contribution in [2.75, 3.05) is 13.1 Å². The molecule has 3 aromatic rings. The molecule has 0 saturated carbocycles. The van der Waals surface area contributed by atoms with Gasteiger partial charge in [0.1, 0.15) is 5.69 Å². The van der Waals surface area contributed by atoms with Gasteiger partial charge in [-0.1, -0.05) is 23.7 Å². The zero-order chi connectivity index (χ0) is 20.2. The first-order chi connectivity index (χ1) is 14.1. The first kappa shape index (κ1) is 19.5. The van der Waals surface area contributed by atoms with Crippen LogP contribution in [-0.2, 0) is 6.42 Å². The SMILES string of the molecule is Cc1cc(Cc2ccc(Cl)cc2)cc(C2CCN(C(=O)c3cnccn3)CC2)n1. The highest BCUT2D eigenvalue weighted by Crippen LogP contribution is 2.29. The highest BCUT2D eigenvalue weighted by atomic mass is 35.5. The van der Waals surface area contributed by atoms with Crippen LogP contribution in [0.5, 0.6) is 0 Å². The first-order valence-corrected chi connectivity index (χ1v) is 10.2. The summed E-state index contributed by atoms with van der Waals surface area (Å²) in [4.78, 5) is 27.4. The minimum atomic E-state index is -0.0443. The topological polar surface area (TPSA) is 59.0 Å². The first-order valence-electron chi connectivity index (χ1n) is 9.85. The molecule has 0 atom stereocenters. The van der Waals surface area contributed by atoms with Crippen molar-refractivity contribution in [2.45, 2.75) is 32.1 Å². The zero-order valence-electron chi connectivity index (χ0n) is 16.4. The number of likely N-dealkylation sites (tertiary alicyclic amines) is 1. The number of amides is 1. The maximum absolute atomic E-state index is 12.6. The number of carbonyl (C=O) groups is 1. The molecule has 1 amide bonds. The van der Waals surface area contributed by atoms with Crippen LogP contribution in [0.3, 0.4) is 0 Å². The number of pyridine rings is 1. The van der Waals surface area contributed by atoms with Gasteiger partial charge in [-0.3, -0.25) is 14.8 Å². The van der Waals surface area contributed by atoms with Crippen molar-refractivity contribution in [1.29, 1.82) is 0 Å². The number of piperidine rings is 1. The number of aromatic nitrogens is 3. The van der Waals surface area contributed by atoms with Gasteiger partial charge in [0.25, 0.3) is 5.91 Å². The van der Waals surface area contributed by atoms with E-state index in [0.29, 0.717) is 24.7 Å². The van der Waals surface area contributed by atoms with E-state index in [1.807, 2.05) is 24.0 Å². The van der Waals surface area contributed by atoms with Crippen molar-refractivity contribution >= 4 is 17.5 Å². The Labute approximate surface area is 175 Å². The molecule has 1 aliphatic heterocycles. The molecule has 1 aromatic carbocycles. The molecule has 0 aliphatic carbocycles. The Bertz CT molecular complexity index is 984. The average Bonchev–Trinajstić information content (AvgIpc) is 2.75. The van der Waals surface area contributed by atoms with Gasteiger partial charge in [0.2, 0.25) is 0 Å². The second-order valence-corrected chi connectivity index (χ2v) is 7.94. The van der Waals surface area contributed by atoms with Crippen LogP contribution in [-0.4, -0.2) is 38.8 Å². The molecular weight excluding hydrogens is 384 g/mol. The smallest absolute Gasteiger partial charge is 0.274 e. The van der Waals surface area contributed by atoms with E-state index in [1.165, 1.54) is 17.3 Å². The highest BCUT2D eigenvalue weighted by molar-refractivity contribution is 6.30. The average molecular weight is 407 g/mol. The molecule has 3 heterocycles. The number of hydrogen-bond donors (Lipinski definition) is 0. The Morgan fingerprint density at radius 2 is 1.86 bits per heavy atom. The van der Waals surface area contributed by atoms with Crippen molar-refractivity contribution in [2.24, 2.45) is 0 Å². The Hall–Kier alpha value is -2.79. The summed E-state index contributed by atoms with van der Waals surface area (Å²) in [5.74, 6) is 0.321. The second-order valence-electron chi connectivity index (χ2n) is 7.50. The van der Waals surface area contributed by atoms with Crippen LogP contribution in [0, 0.1) is 6.92 Å². The quantitative estimate of drug-likeness (QED) is 0.642. The van der Waals surface area contributed by atoms with Gasteiger partial charge in [-0.2, -0.15) is 0 Å². The van der Waals surface area contributed by atoms with E-state index in [9.17, 15) is 4.79 Å². The molecule has 1 saturated heterocycles. The summed E-state index contributed by atoms with van der Waals surface area (Å²) in [6, 6.07) is 12.3. The summed E-state index contributed by atoms with van der Waals surface area (Å²) in [6.07, 6.45) is 7.33. The summed E-state index contributed by atoms with van der Waals surface area (Å²) >= 11 is 5.99. The molecule has 0 unspecified atom stereocenters. The molecule has 0 bridgehead atoms. The molecular formula is C23H23ClN4O. The fourth-order valence-electron chi connectivity index (χ4n) is 3.87. The molecule has 0 N–H and O–H groups in total. The van der Waals surface area contributed by atoms with Crippen molar-refractivity contribution in [3.63, 3.8) is 0 Å². The van der Waals surface area contributed by atoms with Crippen LogP contribution in [0.15, 0.2) is 55.0 Å². The molecule has 148 valence electrons. The molecule has 6 heteroatoms. The molecule has 1 fully saturated rings. The van der Waals surface area contributed by atoms with Crippen LogP contribution in [0.2, 0.25) is 5.02 Å². The van der Waals surface area contributed by atoms with E-state index in [-0.39, 0.29) is 5.91 Å². The Balaban J connectivity index is 1.43. The van der Waals surface area contributed by atoms with Crippen LogP contribution in [0.25, 0.3) is 0 Å². The van der Waals surface area contributed by atoms with Gasteiger partial charge in [0, 0.05) is 47.8 Å². The van der Waals surface area contributed by atoms with E-state index in [4.69, 9.17) is 16.6 Å². The van der Waals surface area contributed by atoms with Gasteiger partial charge < -0.3 is 4.90 Å². The van der Waals surface area contributed by atoms with Crippen molar-refractivity contribution < 1.29 is 4.79 Å². The van der Waals surface area contributed by atoms with Crippen molar-refractivity contribution in [3.8, 4) is 0 Å². The highest BCUT2D eigenvalue weighted by Gasteiger charge is 2.26. The Kier molecular flexibility index (Phi) is 5.86. The lowest BCUT2D eigenvalue weighted by Crippen LogP contribution is -2.38. The number of benzene rings is 1. The van der Waals surface area contributed by atoms with E-state index in [2.05, 4.69) is 34.2 Å². The summed E-state index contributed by atoms with van der Waals surface area (Å²) in [6.45, 7) is 3.46. The van der Waals surface area contributed by atoms with E-state index < -0.39 is 0 Å². The van der Waals surface area contributed by atoms with Gasteiger partial charge in [-0.05, 0) is 61.6 Å². The fraction of sp³-hybridized carbons (Fsp3) is 0.304. The molecule has 29 heavy (non-hydrogen) atoms. The van der Waals surface area contributed by atoms with Gasteiger partial charge in [0.05, 0.1) is 6.20 Å². The predicted molar refractivity (Wildman–Crippen MR) is 113 cm³/mol. The number of rotatable bonds is 4. The lowest BCUT2D eigenvalue weighted by atomic mass is 9.91. The summed E-state index contributed by atoms with van der Waals surface area (Å²) in [5.41, 5.74) is 5.05. The van der Waals surface area contributed by atoms with Gasteiger partial charge in [-0.15, -0.1) is 0 Å². The van der Waals surface area contributed by atoms with Gasteiger partial charge in [-0.25, -0.2) is 4.98 Å². The fourth-order valence-corrected chi connectivity index (χ4v) is 3.99. The number of aryl methyl sites for hydroxylation is 1. The third kappa shape index (κ3) is 4.80. The van der Waals surface area contributed by atoms with E-state index in [0.717, 1.165) is 35.7 Å². The minimum absolute atomic E-state index is 0.0443. The van der Waals surface area contributed by atoms with Crippen LogP contribution in [0.1, 0.15) is 51.8 Å². The maximum atomic E-state index is 12.6. The lowest BCUT2D eigenvalue weighted by Gasteiger charge is -2.31. The molecule has 0 spiro atoms. The third-order valence-electron chi connectivity index (χ3n) is 5.34. The Morgan fingerprint density at radius 1 is 1.10 bits per heavy atom. The maximum Gasteiger partial charge on any atom is 0.274 e. The molecule has 4 rings (SSSR count). The number of halogens is 1. The molecule has 2 aromatic heterocycles. The number of carbonyl (C=O) groups excluding carboxylic acids is 1. The van der Waals surface area contributed by atoms with Crippen molar-refractivity contribution in [1.82, 2.24) is 19.9 Å². The standard InChI is InChI=1S/C23H23ClN4O/c1-16-12-18(13-17-2-4-20(24)5-3-17)14-21(27-16)19-6-10-28(11-7-19)23(29)22-15-25-8-9-26-22/h2-5,8-9,12,14-15,19H,6-7,10-11,13H2,1H3. The number of nitrogens with zero attached hydrogens (tertiary/aromatic N) is 4. The van der Waals surface area contributed by atoms with Gasteiger partial charge in [0.15, 0.2) is 0 Å². The summed E-state index contributed by atoms with van der Waals surface area (Å²) in [5, 5.41) is 0.753. The molecule has 1 aliphatic rings. The van der Waals surface area contributed by atoms with Gasteiger partial charge >= 0.3 is 0 Å². The van der Waals surface area contributed by atoms with E-state index in [1.54, 1.807) is 12.4 Å². The lowest BCUT2D eigenvalue weighted by molar-refractivity contribution is 0.0705.